The maximum atomic E-state index is 5.78. The van der Waals surface area contributed by atoms with Gasteiger partial charge in [-0.15, -0.1) is 0 Å². The van der Waals surface area contributed by atoms with Crippen LogP contribution in [0.2, 0.25) is 5.02 Å². The first-order valence-corrected chi connectivity index (χ1v) is 3.46. The molecule has 11 heavy (non-hydrogen) atoms. The topological polar surface area (TPSA) is 21.6 Å². The van der Waals surface area contributed by atoms with Gasteiger partial charge in [-0.25, -0.2) is 0 Å². The van der Waals surface area contributed by atoms with E-state index in [2.05, 4.69) is 16.2 Å². The average Bonchev–Trinajstić information content (AvgIpc) is 2.03. The van der Waals surface area contributed by atoms with Gasteiger partial charge < -0.3 is 4.84 Å². The second-order valence-corrected chi connectivity index (χ2v) is 2.27. The molecule has 0 heterocycles. The summed E-state index contributed by atoms with van der Waals surface area (Å²) in [6.07, 6.45) is 2.63. The van der Waals surface area contributed by atoms with E-state index in [1.165, 1.54) is 7.11 Å². The second-order valence-electron chi connectivity index (χ2n) is 1.87. The lowest BCUT2D eigenvalue weighted by atomic mass is 10.2. The van der Waals surface area contributed by atoms with Crippen LogP contribution in [-0.2, 0) is 4.84 Å². The molecule has 1 radical (unpaired) electrons. The molecule has 2 nitrogen and oxygen atoms in total. The molecular formula is C8H7ClNO. The van der Waals surface area contributed by atoms with Gasteiger partial charge in [-0.2, -0.15) is 0 Å². The van der Waals surface area contributed by atoms with Gasteiger partial charge in [0.15, 0.2) is 0 Å². The van der Waals surface area contributed by atoms with Crippen molar-refractivity contribution in [2.45, 2.75) is 0 Å². The molecule has 57 valence electrons. The molecule has 0 amide bonds. The van der Waals surface area contributed by atoms with Crippen molar-refractivity contribution < 1.29 is 4.84 Å². The van der Waals surface area contributed by atoms with Crippen LogP contribution in [-0.4, -0.2) is 13.3 Å². The highest BCUT2D eigenvalue weighted by atomic mass is 35.5. The predicted molar refractivity (Wildman–Crippen MR) is 45.0 cm³/mol. The van der Waals surface area contributed by atoms with Crippen LogP contribution < -0.4 is 0 Å². The van der Waals surface area contributed by atoms with Gasteiger partial charge in [-0.1, -0.05) is 35.0 Å². The third-order valence-electron chi connectivity index (χ3n) is 1.13. The van der Waals surface area contributed by atoms with Crippen LogP contribution >= 0.6 is 11.6 Å². The van der Waals surface area contributed by atoms with Gasteiger partial charge in [0.25, 0.3) is 0 Å². The van der Waals surface area contributed by atoms with Crippen LogP contribution in [0, 0.1) is 0 Å². The van der Waals surface area contributed by atoms with E-state index < -0.39 is 0 Å². The number of nitrogens with zero attached hydrogens (tertiary/aromatic N) is 1. The Morgan fingerprint density at radius 2 is 2.18 bits per heavy atom. The van der Waals surface area contributed by atoms with Crippen molar-refractivity contribution in [2.24, 2.45) is 5.16 Å². The molecule has 1 rings (SSSR count). The number of halogens is 1. The van der Waals surface area contributed by atoms with Crippen LogP contribution in [0.4, 0.5) is 0 Å². The van der Waals surface area contributed by atoms with E-state index in [1.54, 1.807) is 6.07 Å². The Morgan fingerprint density at radius 3 is 2.82 bits per heavy atom. The van der Waals surface area contributed by atoms with E-state index in [9.17, 15) is 0 Å². The Balaban J connectivity index is 2.86. The van der Waals surface area contributed by atoms with Crippen molar-refractivity contribution in [3.63, 3.8) is 0 Å². The molecule has 0 aliphatic carbocycles. The lowest BCUT2D eigenvalue weighted by Crippen LogP contribution is -1.82. The van der Waals surface area contributed by atoms with E-state index in [0.717, 1.165) is 5.56 Å². The highest BCUT2D eigenvalue weighted by Gasteiger charge is 1.93. The van der Waals surface area contributed by atoms with Crippen LogP contribution in [0.25, 0.3) is 0 Å². The molecule has 0 saturated heterocycles. The number of hydrogen-bond acceptors (Lipinski definition) is 2. The maximum absolute atomic E-state index is 5.78. The highest BCUT2D eigenvalue weighted by Crippen LogP contribution is 2.11. The fourth-order valence-electron chi connectivity index (χ4n) is 0.647. The van der Waals surface area contributed by atoms with Gasteiger partial charge in [0, 0.05) is 5.56 Å². The van der Waals surface area contributed by atoms with Crippen molar-refractivity contribution in [3.05, 3.63) is 34.9 Å². The SMILES string of the molecule is CON=[C]c1ccccc1Cl. The van der Waals surface area contributed by atoms with Gasteiger partial charge in [-0.3, -0.25) is 0 Å². The summed E-state index contributed by atoms with van der Waals surface area (Å²) in [5.41, 5.74) is 0.732. The molecule has 0 spiro atoms. The first kappa shape index (κ1) is 8.08. The van der Waals surface area contributed by atoms with Gasteiger partial charge in [0.1, 0.15) is 13.3 Å². The van der Waals surface area contributed by atoms with Crippen molar-refractivity contribution in [3.8, 4) is 0 Å². The molecule has 0 aromatic heterocycles. The molecule has 0 atom stereocenters. The van der Waals surface area contributed by atoms with E-state index in [0.29, 0.717) is 5.02 Å². The van der Waals surface area contributed by atoms with Crippen molar-refractivity contribution in [1.82, 2.24) is 0 Å². The van der Waals surface area contributed by atoms with Gasteiger partial charge in [0.2, 0.25) is 0 Å². The molecule has 1 aromatic rings. The Morgan fingerprint density at radius 1 is 1.45 bits per heavy atom. The zero-order chi connectivity index (χ0) is 8.10. The van der Waals surface area contributed by atoms with E-state index >= 15 is 0 Å². The Hall–Kier alpha value is -1.02. The summed E-state index contributed by atoms with van der Waals surface area (Å²) in [5.74, 6) is 0. The molecular weight excluding hydrogens is 162 g/mol. The zero-order valence-corrected chi connectivity index (χ0v) is 6.80. The molecule has 0 aliphatic rings. The molecule has 1 aromatic carbocycles. The summed E-state index contributed by atoms with van der Waals surface area (Å²) in [6, 6.07) is 7.29. The average molecular weight is 169 g/mol. The largest absolute Gasteiger partial charge is 0.399 e. The summed E-state index contributed by atoms with van der Waals surface area (Å²) < 4.78 is 0. The zero-order valence-electron chi connectivity index (χ0n) is 6.04. The number of hydrogen-bond donors (Lipinski definition) is 0. The third-order valence-corrected chi connectivity index (χ3v) is 1.46. The first-order chi connectivity index (χ1) is 5.34. The van der Waals surface area contributed by atoms with Crippen molar-refractivity contribution >= 4 is 17.8 Å². The van der Waals surface area contributed by atoms with Crippen molar-refractivity contribution in [1.29, 1.82) is 0 Å². The monoisotopic (exact) mass is 168 g/mol. The van der Waals surface area contributed by atoms with Crippen LogP contribution in [0.3, 0.4) is 0 Å². The Labute approximate surface area is 70.4 Å². The summed E-state index contributed by atoms with van der Waals surface area (Å²) in [4.78, 5) is 4.46. The van der Waals surface area contributed by atoms with E-state index in [4.69, 9.17) is 11.6 Å². The molecule has 0 fully saturated rings. The standard InChI is InChI=1S/C8H7ClNO/c1-11-10-6-7-4-2-3-5-8(7)9/h2-5H,1H3. The second kappa shape index (κ2) is 3.98. The van der Waals surface area contributed by atoms with Crippen LogP contribution in [0.5, 0.6) is 0 Å². The van der Waals surface area contributed by atoms with Gasteiger partial charge in [-0.05, 0) is 6.07 Å². The van der Waals surface area contributed by atoms with Crippen molar-refractivity contribution in [2.75, 3.05) is 7.11 Å². The number of rotatable bonds is 2. The lowest BCUT2D eigenvalue weighted by Gasteiger charge is -1.92. The minimum Gasteiger partial charge on any atom is -0.399 e. The predicted octanol–water partition coefficient (Wildman–Crippen LogP) is 2.20. The lowest BCUT2D eigenvalue weighted by molar-refractivity contribution is 0.215. The molecule has 0 N–H and O–H groups in total. The van der Waals surface area contributed by atoms with E-state index in [-0.39, 0.29) is 0 Å². The smallest absolute Gasteiger partial charge is 0.141 e. The molecule has 3 heteroatoms. The summed E-state index contributed by atoms with van der Waals surface area (Å²) in [5, 5.41) is 4.09. The highest BCUT2D eigenvalue weighted by molar-refractivity contribution is 6.33. The molecule has 0 aliphatic heterocycles. The number of benzene rings is 1. The summed E-state index contributed by atoms with van der Waals surface area (Å²) >= 11 is 5.78. The molecule has 0 bridgehead atoms. The van der Waals surface area contributed by atoms with Crippen LogP contribution in [0.15, 0.2) is 29.4 Å². The summed E-state index contributed by atoms with van der Waals surface area (Å²) in [7, 11) is 1.46. The minimum atomic E-state index is 0.619. The first-order valence-electron chi connectivity index (χ1n) is 3.08. The van der Waals surface area contributed by atoms with Gasteiger partial charge >= 0.3 is 0 Å². The fraction of sp³-hybridized carbons (Fsp3) is 0.125. The van der Waals surface area contributed by atoms with Crippen LogP contribution in [0.1, 0.15) is 5.56 Å². The normalized spacial score (nSPS) is 10.4. The summed E-state index contributed by atoms with van der Waals surface area (Å²) in [6.45, 7) is 0. The fourth-order valence-corrected chi connectivity index (χ4v) is 0.825. The third kappa shape index (κ3) is 2.24. The minimum absolute atomic E-state index is 0.619. The van der Waals surface area contributed by atoms with E-state index in [1.807, 2.05) is 18.2 Å². The quantitative estimate of drug-likeness (QED) is 0.490. The maximum Gasteiger partial charge on any atom is 0.141 e. The Kier molecular flexibility index (Phi) is 2.93. The molecule has 0 saturated carbocycles. The van der Waals surface area contributed by atoms with Gasteiger partial charge in [0.05, 0.1) is 5.02 Å². The molecule has 0 unspecified atom stereocenters. The Bertz CT molecular complexity index is 260.